The molecule has 20 heavy (non-hydrogen) atoms. The van der Waals surface area contributed by atoms with Crippen LogP contribution in [0.5, 0.6) is 0 Å². The predicted molar refractivity (Wildman–Crippen MR) is 77.4 cm³/mol. The molecule has 1 aliphatic rings. The van der Waals surface area contributed by atoms with Gasteiger partial charge in [0.2, 0.25) is 0 Å². The van der Waals surface area contributed by atoms with E-state index in [0.29, 0.717) is 5.02 Å². The number of carbonyl (C=O) groups is 1. The molecule has 4 heteroatoms. The summed E-state index contributed by atoms with van der Waals surface area (Å²) in [5.41, 5.74) is 3.31. The molecule has 0 saturated carbocycles. The first kappa shape index (κ1) is 13.1. The predicted octanol–water partition coefficient (Wildman–Crippen LogP) is 3.90. The third-order valence-electron chi connectivity index (χ3n) is 3.82. The van der Waals surface area contributed by atoms with Crippen molar-refractivity contribution in [3.05, 3.63) is 63.9 Å². The smallest absolute Gasteiger partial charge is 0.336 e. The van der Waals surface area contributed by atoms with Gasteiger partial charge in [-0.3, -0.25) is 4.98 Å². The molecular weight excluding hydrogens is 274 g/mol. The van der Waals surface area contributed by atoms with Crippen molar-refractivity contribution in [2.75, 3.05) is 0 Å². The highest BCUT2D eigenvalue weighted by atomic mass is 35.5. The maximum absolute atomic E-state index is 11.4. The molecule has 2 aromatic rings. The van der Waals surface area contributed by atoms with Gasteiger partial charge in [-0.2, -0.15) is 0 Å². The summed E-state index contributed by atoms with van der Waals surface area (Å²) in [5.74, 6) is -0.895. The van der Waals surface area contributed by atoms with Crippen molar-refractivity contribution in [2.45, 2.75) is 25.2 Å². The number of rotatable bonds is 2. The standard InChI is InChI=1S/C16H14ClNO2/c17-11-6-7-12(14(9-11)16(19)20)13-5-1-3-10-4-2-8-18-15(10)13/h2,4,6-9,13H,1,3,5H2,(H,19,20). The number of aryl methyl sites for hydroxylation is 1. The van der Waals surface area contributed by atoms with Gasteiger partial charge in [0.15, 0.2) is 0 Å². The fourth-order valence-corrected chi connectivity index (χ4v) is 3.10. The quantitative estimate of drug-likeness (QED) is 0.911. The lowest BCUT2D eigenvalue weighted by Gasteiger charge is -2.25. The van der Waals surface area contributed by atoms with Crippen LogP contribution >= 0.6 is 11.6 Å². The first-order chi connectivity index (χ1) is 9.66. The van der Waals surface area contributed by atoms with E-state index in [9.17, 15) is 9.90 Å². The maximum Gasteiger partial charge on any atom is 0.336 e. The second-order valence-corrected chi connectivity index (χ2v) is 5.47. The molecule has 1 aromatic carbocycles. The van der Waals surface area contributed by atoms with Crippen LogP contribution in [0.3, 0.4) is 0 Å². The van der Waals surface area contributed by atoms with Crippen LogP contribution < -0.4 is 0 Å². The number of carboxylic acids is 1. The van der Waals surface area contributed by atoms with E-state index in [1.165, 1.54) is 11.6 Å². The molecule has 0 saturated heterocycles. The lowest BCUT2D eigenvalue weighted by molar-refractivity contribution is 0.0695. The molecule has 1 heterocycles. The minimum absolute atomic E-state index is 0.0447. The van der Waals surface area contributed by atoms with Crippen molar-refractivity contribution in [2.24, 2.45) is 0 Å². The van der Waals surface area contributed by atoms with Crippen molar-refractivity contribution in [3.63, 3.8) is 0 Å². The van der Waals surface area contributed by atoms with E-state index in [1.807, 2.05) is 12.1 Å². The number of benzene rings is 1. The summed E-state index contributed by atoms with van der Waals surface area (Å²) in [4.78, 5) is 15.9. The highest BCUT2D eigenvalue weighted by molar-refractivity contribution is 6.31. The van der Waals surface area contributed by atoms with Crippen LogP contribution in [0.1, 0.15) is 45.9 Å². The molecule has 0 bridgehead atoms. The first-order valence-electron chi connectivity index (χ1n) is 6.63. The van der Waals surface area contributed by atoms with Gasteiger partial charge in [-0.05, 0) is 48.6 Å². The summed E-state index contributed by atoms with van der Waals surface area (Å²) in [6.07, 6.45) is 4.75. The summed E-state index contributed by atoms with van der Waals surface area (Å²) in [5, 5.41) is 9.84. The summed E-state index contributed by atoms with van der Waals surface area (Å²) in [6, 6.07) is 9.10. The van der Waals surface area contributed by atoms with Crippen LogP contribution in [-0.4, -0.2) is 16.1 Å². The molecule has 1 aliphatic carbocycles. The summed E-state index contributed by atoms with van der Waals surface area (Å²) in [6.45, 7) is 0. The SMILES string of the molecule is O=C(O)c1cc(Cl)ccc1C1CCCc2cccnc21. The molecule has 102 valence electrons. The number of aromatic nitrogens is 1. The van der Waals surface area contributed by atoms with Gasteiger partial charge < -0.3 is 5.11 Å². The Hall–Kier alpha value is -1.87. The Labute approximate surface area is 122 Å². The molecule has 0 spiro atoms. The lowest BCUT2D eigenvalue weighted by Crippen LogP contribution is -2.16. The Morgan fingerprint density at radius 1 is 1.35 bits per heavy atom. The average molecular weight is 288 g/mol. The molecular formula is C16H14ClNO2. The van der Waals surface area contributed by atoms with E-state index in [4.69, 9.17) is 11.6 Å². The molecule has 1 unspecified atom stereocenters. The molecule has 3 rings (SSSR count). The van der Waals surface area contributed by atoms with Crippen molar-refractivity contribution >= 4 is 17.6 Å². The second kappa shape index (κ2) is 5.25. The normalized spacial score (nSPS) is 17.6. The maximum atomic E-state index is 11.4. The largest absolute Gasteiger partial charge is 0.478 e. The molecule has 1 atom stereocenters. The molecule has 1 aromatic heterocycles. The summed E-state index contributed by atoms with van der Waals surface area (Å²) in [7, 11) is 0. The number of hydrogen-bond acceptors (Lipinski definition) is 2. The number of aromatic carboxylic acids is 1. The van der Waals surface area contributed by atoms with Crippen molar-refractivity contribution in [1.82, 2.24) is 4.98 Å². The molecule has 0 aliphatic heterocycles. The molecule has 0 amide bonds. The van der Waals surface area contributed by atoms with Gasteiger partial charge in [0.05, 0.1) is 11.3 Å². The number of pyridine rings is 1. The van der Waals surface area contributed by atoms with Crippen LogP contribution in [0.2, 0.25) is 5.02 Å². The van der Waals surface area contributed by atoms with E-state index in [1.54, 1.807) is 12.3 Å². The zero-order valence-corrected chi connectivity index (χ0v) is 11.6. The summed E-state index contributed by atoms with van der Waals surface area (Å²) < 4.78 is 0. The minimum atomic E-state index is -0.939. The number of fused-ring (bicyclic) bond motifs is 1. The Kier molecular flexibility index (Phi) is 3.45. The van der Waals surface area contributed by atoms with Crippen LogP contribution in [0.25, 0.3) is 0 Å². The van der Waals surface area contributed by atoms with Crippen molar-refractivity contribution in [3.8, 4) is 0 Å². The summed E-state index contributed by atoms with van der Waals surface area (Å²) >= 11 is 5.92. The van der Waals surface area contributed by atoms with Crippen LogP contribution in [0, 0.1) is 0 Å². The Bertz CT molecular complexity index is 669. The highest BCUT2D eigenvalue weighted by Gasteiger charge is 2.26. The van der Waals surface area contributed by atoms with Gasteiger partial charge >= 0.3 is 5.97 Å². The second-order valence-electron chi connectivity index (χ2n) is 5.03. The molecule has 1 N–H and O–H groups in total. The van der Waals surface area contributed by atoms with E-state index < -0.39 is 5.97 Å². The van der Waals surface area contributed by atoms with E-state index in [-0.39, 0.29) is 11.5 Å². The van der Waals surface area contributed by atoms with Crippen LogP contribution in [-0.2, 0) is 6.42 Å². The molecule has 0 fully saturated rings. The Balaban J connectivity index is 2.13. The third-order valence-corrected chi connectivity index (χ3v) is 4.05. The zero-order chi connectivity index (χ0) is 14.1. The Morgan fingerprint density at radius 3 is 3.00 bits per heavy atom. The van der Waals surface area contributed by atoms with Gasteiger partial charge in [-0.1, -0.05) is 23.7 Å². The average Bonchev–Trinajstić information content (AvgIpc) is 2.46. The zero-order valence-electron chi connectivity index (χ0n) is 10.8. The fraction of sp³-hybridized carbons (Fsp3) is 0.250. The van der Waals surface area contributed by atoms with Gasteiger partial charge in [0, 0.05) is 17.1 Å². The highest BCUT2D eigenvalue weighted by Crippen LogP contribution is 2.37. The van der Waals surface area contributed by atoms with Gasteiger partial charge in [-0.25, -0.2) is 4.79 Å². The van der Waals surface area contributed by atoms with Crippen LogP contribution in [0.4, 0.5) is 0 Å². The van der Waals surface area contributed by atoms with E-state index >= 15 is 0 Å². The number of carboxylic acid groups (broad SMARTS) is 1. The van der Waals surface area contributed by atoms with Gasteiger partial charge in [0.25, 0.3) is 0 Å². The van der Waals surface area contributed by atoms with E-state index in [0.717, 1.165) is 30.5 Å². The topological polar surface area (TPSA) is 50.2 Å². The Morgan fingerprint density at radius 2 is 2.20 bits per heavy atom. The fourth-order valence-electron chi connectivity index (χ4n) is 2.93. The van der Waals surface area contributed by atoms with Crippen LogP contribution in [0.15, 0.2) is 36.5 Å². The molecule has 0 radical (unpaired) electrons. The van der Waals surface area contributed by atoms with E-state index in [2.05, 4.69) is 11.1 Å². The lowest BCUT2D eigenvalue weighted by atomic mass is 9.80. The number of halogens is 1. The minimum Gasteiger partial charge on any atom is -0.478 e. The first-order valence-corrected chi connectivity index (χ1v) is 7.01. The van der Waals surface area contributed by atoms with Crippen molar-refractivity contribution in [1.29, 1.82) is 0 Å². The number of hydrogen-bond donors (Lipinski definition) is 1. The monoisotopic (exact) mass is 287 g/mol. The van der Waals surface area contributed by atoms with Gasteiger partial charge in [-0.15, -0.1) is 0 Å². The van der Waals surface area contributed by atoms with Crippen molar-refractivity contribution < 1.29 is 9.90 Å². The molecule has 3 nitrogen and oxygen atoms in total. The third kappa shape index (κ3) is 2.29. The number of nitrogens with zero attached hydrogens (tertiary/aromatic N) is 1. The van der Waals surface area contributed by atoms with Gasteiger partial charge in [0.1, 0.15) is 0 Å².